The van der Waals surface area contributed by atoms with Crippen LogP contribution in [0.25, 0.3) is 22.3 Å². The molecule has 0 saturated carbocycles. The minimum Gasteiger partial charge on any atom is -0.508 e. The van der Waals surface area contributed by atoms with E-state index in [2.05, 4.69) is 4.90 Å². The molecule has 3 aromatic rings. The largest absolute Gasteiger partial charge is 0.508 e. The van der Waals surface area contributed by atoms with E-state index in [0.717, 1.165) is 30.9 Å². The van der Waals surface area contributed by atoms with Gasteiger partial charge in [-0.25, -0.2) is 0 Å². The first-order valence-corrected chi connectivity index (χ1v) is 9.41. The van der Waals surface area contributed by atoms with E-state index >= 15 is 0 Å². The fourth-order valence-corrected chi connectivity index (χ4v) is 3.50. The highest BCUT2D eigenvalue weighted by atomic mass is 35.5. The molecule has 1 N–H and O–H groups in total. The van der Waals surface area contributed by atoms with Crippen molar-refractivity contribution in [1.29, 1.82) is 0 Å². The maximum atomic E-state index is 12.3. The first-order chi connectivity index (χ1) is 13.2. The van der Waals surface area contributed by atoms with Gasteiger partial charge in [-0.2, -0.15) is 0 Å². The van der Waals surface area contributed by atoms with E-state index in [-0.39, 0.29) is 23.6 Å². The summed E-state index contributed by atoms with van der Waals surface area (Å²) in [6.45, 7) is 3.87. The second-order valence-electron chi connectivity index (χ2n) is 6.93. The first-order valence-electron chi connectivity index (χ1n) is 9.41. The summed E-state index contributed by atoms with van der Waals surface area (Å²) in [5, 5.41) is 10.1. The van der Waals surface area contributed by atoms with Gasteiger partial charge in [-0.15, -0.1) is 12.4 Å². The maximum Gasteiger partial charge on any atom is 0.193 e. The topological polar surface area (TPSA) is 62.9 Å². The van der Waals surface area contributed by atoms with Crippen LogP contribution in [0, 0.1) is 0 Å². The summed E-state index contributed by atoms with van der Waals surface area (Å²) in [4.78, 5) is 14.8. The maximum absolute atomic E-state index is 12.3. The molecule has 6 heteroatoms. The summed E-state index contributed by atoms with van der Waals surface area (Å²) in [7, 11) is 0. The molecule has 0 unspecified atom stereocenters. The third kappa shape index (κ3) is 4.66. The molecule has 0 amide bonds. The highest BCUT2D eigenvalue weighted by Crippen LogP contribution is 2.27. The van der Waals surface area contributed by atoms with Crippen molar-refractivity contribution in [1.82, 2.24) is 4.90 Å². The average Bonchev–Trinajstić information content (AvgIpc) is 2.68. The number of benzene rings is 2. The van der Waals surface area contributed by atoms with E-state index in [1.165, 1.54) is 37.5 Å². The molecule has 0 bridgehead atoms. The van der Waals surface area contributed by atoms with Crippen LogP contribution in [0.5, 0.6) is 11.5 Å². The lowest BCUT2D eigenvalue weighted by Gasteiger charge is -2.26. The molecule has 2 aromatic carbocycles. The van der Waals surface area contributed by atoms with Gasteiger partial charge in [0.2, 0.25) is 0 Å². The molecule has 0 radical (unpaired) electrons. The number of phenolic OH excluding ortho intramolecular Hbond substituents is 1. The number of phenols is 1. The fraction of sp³-hybridized carbons (Fsp3) is 0.318. The second kappa shape index (κ2) is 9.13. The molecule has 1 aromatic heterocycles. The smallest absolute Gasteiger partial charge is 0.193 e. The van der Waals surface area contributed by atoms with Crippen molar-refractivity contribution in [3.8, 4) is 22.8 Å². The number of halogens is 1. The summed E-state index contributed by atoms with van der Waals surface area (Å²) in [5.41, 5.74) is 1.00. The van der Waals surface area contributed by atoms with Crippen LogP contribution in [-0.4, -0.2) is 36.2 Å². The van der Waals surface area contributed by atoms with Crippen molar-refractivity contribution in [3.05, 3.63) is 58.8 Å². The van der Waals surface area contributed by atoms with Gasteiger partial charge >= 0.3 is 0 Å². The molecule has 148 valence electrons. The van der Waals surface area contributed by atoms with Crippen molar-refractivity contribution in [2.75, 3.05) is 26.2 Å². The minimum atomic E-state index is -0.136. The molecule has 0 spiro atoms. The number of likely N-dealkylation sites (tertiary alicyclic amines) is 1. The van der Waals surface area contributed by atoms with Crippen LogP contribution in [0.4, 0.5) is 0 Å². The van der Waals surface area contributed by atoms with Crippen LogP contribution >= 0.6 is 12.4 Å². The normalized spacial score (nSPS) is 14.6. The van der Waals surface area contributed by atoms with Gasteiger partial charge in [-0.1, -0.05) is 18.6 Å². The van der Waals surface area contributed by atoms with Crippen molar-refractivity contribution in [2.45, 2.75) is 19.3 Å². The highest BCUT2D eigenvalue weighted by Gasteiger charge is 2.11. The molecule has 0 atom stereocenters. The Morgan fingerprint density at radius 2 is 1.86 bits per heavy atom. The van der Waals surface area contributed by atoms with Crippen molar-refractivity contribution in [2.24, 2.45) is 0 Å². The summed E-state index contributed by atoms with van der Waals surface area (Å²) >= 11 is 0. The molecule has 4 rings (SSSR count). The van der Waals surface area contributed by atoms with E-state index in [9.17, 15) is 9.90 Å². The Morgan fingerprint density at radius 1 is 1.04 bits per heavy atom. The summed E-state index contributed by atoms with van der Waals surface area (Å²) in [6, 6.07) is 13.5. The van der Waals surface area contributed by atoms with Gasteiger partial charge < -0.3 is 14.3 Å². The van der Waals surface area contributed by atoms with Crippen LogP contribution in [0.15, 0.2) is 57.7 Å². The van der Waals surface area contributed by atoms with E-state index in [0.29, 0.717) is 23.3 Å². The van der Waals surface area contributed by atoms with Gasteiger partial charge in [0.1, 0.15) is 29.4 Å². The van der Waals surface area contributed by atoms with Gasteiger partial charge in [0.05, 0.1) is 5.39 Å². The van der Waals surface area contributed by atoms with Crippen LogP contribution in [0.3, 0.4) is 0 Å². The zero-order valence-corrected chi connectivity index (χ0v) is 16.4. The van der Waals surface area contributed by atoms with Gasteiger partial charge in [0, 0.05) is 24.2 Å². The zero-order chi connectivity index (χ0) is 18.6. The Labute approximate surface area is 170 Å². The molecule has 2 heterocycles. The van der Waals surface area contributed by atoms with E-state index in [1.807, 2.05) is 24.3 Å². The lowest BCUT2D eigenvalue weighted by Crippen LogP contribution is -2.33. The monoisotopic (exact) mass is 401 g/mol. The van der Waals surface area contributed by atoms with Crippen LogP contribution in [0.1, 0.15) is 19.3 Å². The fourth-order valence-electron chi connectivity index (χ4n) is 3.50. The number of ether oxygens (including phenoxy) is 1. The van der Waals surface area contributed by atoms with Gasteiger partial charge in [-0.3, -0.25) is 9.69 Å². The number of hydrogen-bond acceptors (Lipinski definition) is 5. The predicted octanol–water partition coefficient (Wildman–Crippen LogP) is 4.45. The molecular weight excluding hydrogens is 378 g/mol. The Kier molecular flexibility index (Phi) is 6.60. The standard InChI is InChI=1S/C22H23NO4.ClH/c24-17-7-8-19-20(25)15-21(27-22(19)14-17)16-5-4-6-18(13-16)26-12-11-23-9-2-1-3-10-23;/h4-8,13-15,24H,1-3,9-12H2;1H. The molecular formula is C22H24ClNO4. The molecule has 5 nitrogen and oxygen atoms in total. The molecule has 1 aliphatic rings. The number of fused-ring (bicyclic) bond motifs is 1. The lowest BCUT2D eigenvalue weighted by atomic mass is 10.1. The number of rotatable bonds is 5. The minimum absolute atomic E-state index is 0. The van der Waals surface area contributed by atoms with Crippen molar-refractivity contribution in [3.63, 3.8) is 0 Å². The van der Waals surface area contributed by atoms with E-state index in [4.69, 9.17) is 9.15 Å². The summed E-state index contributed by atoms with van der Waals surface area (Å²) in [6.07, 6.45) is 3.87. The number of hydrogen-bond donors (Lipinski definition) is 1. The van der Waals surface area contributed by atoms with Gasteiger partial charge in [0.15, 0.2) is 5.43 Å². The third-order valence-electron chi connectivity index (χ3n) is 4.96. The van der Waals surface area contributed by atoms with E-state index in [1.54, 1.807) is 6.07 Å². The molecule has 1 aliphatic heterocycles. The number of piperidine rings is 1. The predicted molar refractivity (Wildman–Crippen MR) is 113 cm³/mol. The number of nitrogens with zero attached hydrogens (tertiary/aromatic N) is 1. The van der Waals surface area contributed by atoms with Gasteiger partial charge in [-0.05, 0) is 50.2 Å². The lowest BCUT2D eigenvalue weighted by molar-refractivity contribution is 0.183. The summed E-state index contributed by atoms with van der Waals surface area (Å²) in [5.74, 6) is 1.28. The zero-order valence-electron chi connectivity index (χ0n) is 15.6. The Bertz CT molecular complexity index is 995. The molecule has 1 fully saturated rings. The van der Waals surface area contributed by atoms with Crippen molar-refractivity contribution >= 4 is 23.4 Å². The number of aromatic hydroxyl groups is 1. The van der Waals surface area contributed by atoms with Crippen LogP contribution in [-0.2, 0) is 0 Å². The molecule has 1 saturated heterocycles. The Morgan fingerprint density at radius 3 is 2.68 bits per heavy atom. The van der Waals surface area contributed by atoms with Crippen molar-refractivity contribution < 1.29 is 14.3 Å². The van der Waals surface area contributed by atoms with Crippen LogP contribution in [0.2, 0.25) is 0 Å². The second-order valence-corrected chi connectivity index (χ2v) is 6.93. The van der Waals surface area contributed by atoms with Gasteiger partial charge in [0.25, 0.3) is 0 Å². The quantitative estimate of drug-likeness (QED) is 0.684. The summed E-state index contributed by atoms with van der Waals surface area (Å²) < 4.78 is 11.7. The molecule has 28 heavy (non-hydrogen) atoms. The SMILES string of the molecule is Cl.O=c1cc(-c2cccc(OCCN3CCCCC3)c2)oc2cc(O)ccc12. The molecule has 0 aliphatic carbocycles. The first kappa shape index (κ1) is 20.2. The Balaban J connectivity index is 0.00000225. The highest BCUT2D eigenvalue weighted by molar-refractivity contribution is 5.85. The Hall–Kier alpha value is -2.50. The third-order valence-corrected chi connectivity index (χ3v) is 4.96. The van der Waals surface area contributed by atoms with E-state index < -0.39 is 0 Å². The average molecular weight is 402 g/mol. The van der Waals surface area contributed by atoms with Crippen LogP contribution < -0.4 is 10.2 Å².